The van der Waals surface area contributed by atoms with Crippen LogP contribution in [0.1, 0.15) is 48.0 Å². The molecule has 0 aliphatic heterocycles. The number of halogens is 1. The highest BCUT2D eigenvalue weighted by Gasteiger charge is 2.32. The molecule has 4 aromatic rings. The number of pyridine rings is 1. The molecular weight excluding hydrogens is 407 g/mol. The quantitative estimate of drug-likeness (QED) is 0.501. The molecule has 8 heteroatoms. The lowest BCUT2D eigenvalue weighted by atomic mass is 9.90. The Morgan fingerprint density at radius 1 is 1.28 bits per heavy atom. The number of hydrogen-bond donors (Lipinski definition) is 2. The number of nitrogens with one attached hydrogen (secondary N) is 2. The van der Waals surface area contributed by atoms with E-state index in [0.29, 0.717) is 23.3 Å². The van der Waals surface area contributed by atoms with E-state index >= 15 is 0 Å². The second-order valence-corrected chi connectivity index (χ2v) is 9.18. The molecule has 0 spiro atoms. The molecule has 0 fully saturated rings. The summed E-state index contributed by atoms with van der Waals surface area (Å²) in [4.78, 5) is 16.4. The summed E-state index contributed by atoms with van der Waals surface area (Å²) in [6.45, 7) is 7.09. The van der Waals surface area contributed by atoms with Gasteiger partial charge in [0.15, 0.2) is 5.65 Å². The van der Waals surface area contributed by atoms with Gasteiger partial charge in [-0.3, -0.25) is 14.6 Å². The molecular formula is C24H25FN6O. The van der Waals surface area contributed by atoms with Crippen molar-refractivity contribution in [1.82, 2.24) is 30.3 Å². The van der Waals surface area contributed by atoms with Crippen LogP contribution < -0.4 is 5.32 Å². The van der Waals surface area contributed by atoms with E-state index in [4.69, 9.17) is 0 Å². The van der Waals surface area contributed by atoms with Crippen molar-refractivity contribution in [1.29, 1.82) is 0 Å². The Bertz CT molecular complexity index is 1340. The van der Waals surface area contributed by atoms with E-state index < -0.39 is 5.82 Å². The van der Waals surface area contributed by atoms with Gasteiger partial charge in [-0.05, 0) is 43.4 Å². The molecule has 3 aromatic heterocycles. The van der Waals surface area contributed by atoms with Gasteiger partial charge < -0.3 is 5.32 Å². The van der Waals surface area contributed by atoms with Crippen molar-refractivity contribution in [3.8, 4) is 11.3 Å². The van der Waals surface area contributed by atoms with Crippen molar-refractivity contribution < 1.29 is 9.18 Å². The Hall–Kier alpha value is -3.55. The molecule has 5 rings (SSSR count). The second kappa shape index (κ2) is 7.55. The van der Waals surface area contributed by atoms with Gasteiger partial charge in [0.2, 0.25) is 0 Å². The number of carbonyl (C=O) groups excluding carboxylic acids is 1. The van der Waals surface area contributed by atoms with Crippen molar-refractivity contribution in [2.24, 2.45) is 5.41 Å². The lowest BCUT2D eigenvalue weighted by Gasteiger charge is -2.15. The first-order valence-electron chi connectivity index (χ1n) is 10.8. The molecule has 1 aromatic carbocycles. The molecule has 3 heterocycles. The smallest absolute Gasteiger partial charge is 0.251 e. The predicted octanol–water partition coefficient (Wildman–Crippen LogP) is 3.88. The average molecular weight is 433 g/mol. The molecule has 164 valence electrons. The Balaban J connectivity index is 1.41. The number of benzene rings is 1. The third kappa shape index (κ3) is 3.66. The van der Waals surface area contributed by atoms with Crippen molar-refractivity contribution >= 4 is 16.9 Å². The van der Waals surface area contributed by atoms with E-state index in [2.05, 4.69) is 39.4 Å². The molecule has 0 unspecified atom stereocenters. The topological polar surface area (TPSA) is 88.5 Å². The Morgan fingerprint density at radius 3 is 2.91 bits per heavy atom. The molecule has 1 amide bonds. The molecule has 0 bridgehead atoms. The van der Waals surface area contributed by atoms with E-state index in [1.165, 1.54) is 17.3 Å². The van der Waals surface area contributed by atoms with Crippen LogP contribution in [0, 0.1) is 11.2 Å². The number of hydrogen-bond acceptors (Lipinski definition) is 4. The fourth-order valence-corrected chi connectivity index (χ4v) is 4.42. The maximum Gasteiger partial charge on any atom is 0.251 e. The number of nitrogens with zero attached hydrogens (tertiary/aromatic N) is 4. The first-order valence-corrected chi connectivity index (χ1v) is 10.8. The van der Waals surface area contributed by atoms with Gasteiger partial charge in [-0.15, -0.1) is 0 Å². The zero-order valence-corrected chi connectivity index (χ0v) is 18.4. The van der Waals surface area contributed by atoms with Crippen LogP contribution in [-0.2, 0) is 19.4 Å². The first kappa shape index (κ1) is 20.4. The standard InChI is InChI=1S/C24H25FN6O/c1-4-26-23(32)14-5-6-15(19(25)8-14)12-31-13-17-7-16(11-27-22(17)30-31)21-18-9-24(2,3)10-20(18)28-29-21/h5-8,11,13H,4,9-10,12H2,1-3H3,(H,26,32)(H,28,29). The largest absolute Gasteiger partial charge is 0.352 e. The maximum absolute atomic E-state index is 14.6. The zero-order chi connectivity index (χ0) is 22.5. The molecule has 0 radical (unpaired) electrons. The molecule has 7 nitrogen and oxygen atoms in total. The summed E-state index contributed by atoms with van der Waals surface area (Å²) in [6.07, 6.45) is 5.63. The van der Waals surface area contributed by atoms with Crippen molar-refractivity contribution in [2.75, 3.05) is 6.54 Å². The molecule has 2 N–H and O–H groups in total. The summed E-state index contributed by atoms with van der Waals surface area (Å²) >= 11 is 0. The van der Waals surface area contributed by atoms with Gasteiger partial charge >= 0.3 is 0 Å². The van der Waals surface area contributed by atoms with E-state index in [1.54, 1.807) is 23.0 Å². The van der Waals surface area contributed by atoms with Crippen LogP contribution in [0.2, 0.25) is 0 Å². The van der Waals surface area contributed by atoms with Gasteiger partial charge in [0.1, 0.15) is 5.82 Å². The number of rotatable bonds is 5. The first-order chi connectivity index (χ1) is 15.3. The van der Waals surface area contributed by atoms with E-state index in [9.17, 15) is 9.18 Å². The maximum atomic E-state index is 14.6. The van der Waals surface area contributed by atoms with Gasteiger partial charge in [0.05, 0.1) is 12.2 Å². The van der Waals surface area contributed by atoms with Crippen LogP contribution in [0.25, 0.3) is 22.3 Å². The lowest BCUT2D eigenvalue weighted by molar-refractivity contribution is 0.0955. The predicted molar refractivity (Wildman–Crippen MR) is 120 cm³/mol. The van der Waals surface area contributed by atoms with Crippen LogP contribution in [0.4, 0.5) is 4.39 Å². The minimum Gasteiger partial charge on any atom is -0.352 e. The van der Waals surface area contributed by atoms with Crippen LogP contribution in [0.15, 0.2) is 36.7 Å². The highest BCUT2D eigenvalue weighted by Crippen LogP contribution is 2.39. The number of aromatic amines is 1. The highest BCUT2D eigenvalue weighted by molar-refractivity contribution is 5.94. The van der Waals surface area contributed by atoms with Crippen LogP contribution in [0.5, 0.6) is 0 Å². The van der Waals surface area contributed by atoms with Crippen molar-refractivity contribution in [2.45, 2.75) is 40.2 Å². The minimum absolute atomic E-state index is 0.234. The van der Waals surface area contributed by atoms with Gasteiger partial charge in [0, 0.05) is 52.3 Å². The van der Waals surface area contributed by atoms with Crippen LogP contribution in [0.3, 0.4) is 0 Å². The molecule has 0 saturated heterocycles. The number of carbonyl (C=O) groups is 1. The molecule has 0 saturated carbocycles. The highest BCUT2D eigenvalue weighted by atomic mass is 19.1. The molecule has 0 atom stereocenters. The molecule has 32 heavy (non-hydrogen) atoms. The fourth-order valence-electron chi connectivity index (χ4n) is 4.42. The fraction of sp³-hybridized carbons (Fsp3) is 0.333. The van der Waals surface area contributed by atoms with Crippen molar-refractivity contribution in [3.63, 3.8) is 0 Å². The zero-order valence-electron chi connectivity index (χ0n) is 18.4. The number of H-pyrrole nitrogens is 1. The summed E-state index contributed by atoms with van der Waals surface area (Å²) in [7, 11) is 0. The van der Waals surface area contributed by atoms with Gasteiger partial charge in [-0.1, -0.05) is 19.9 Å². The summed E-state index contributed by atoms with van der Waals surface area (Å²) in [6, 6.07) is 6.55. The minimum atomic E-state index is -0.434. The third-order valence-electron chi connectivity index (χ3n) is 5.93. The van der Waals surface area contributed by atoms with E-state index in [-0.39, 0.29) is 17.9 Å². The Kier molecular flexibility index (Phi) is 4.80. The Morgan fingerprint density at radius 2 is 2.12 bits per heavy atom. The number of amides is 1. The second-order valence-electron chi connectivity index (χ2n) is 9.18. The lowest BCUT2D eigenvalue weighted by Crippen LogP contribution is -2.22. The summed E-state index contributed by atoms with van der Waals surface area (Å²) in [5, 5.41) is 15.7. The van der Waals surface area contributed by atoms with Crippen LogP contribution >= 0.6 is 0 Å². The molecule has 1 aliphatic carbocycles. The number of aromatic nitrogens is 5. The van der Waals surface area contributed by atoms with Gasteiger partial charge in [-0.25, -0.2) is 9.37 Å². The summed E-state index contributed by atoms with van der Waals surface area (Å²) in [5.74, 6) is -0.718. The SMILES string of the molecule is CCNC(=O)c1ccc(Cn2cc3cc(-c4n[nH]c5c4CC(C)(C)C5)cnc3n2)c(F)c1. The third-order valence-corrected chi connectivity index (χ3v) is 5.93. The number of fused-ring (bicyclic) bond motifs is 2. The van der Waals surface area contributed by atoms with Gasteiger partial charge in [-0.2, -0.15) is 10.2 Å². The normalized spacial score (nSPS) is 14.6. The average Bonchev–Trinajstić information content (AvgIpc) is 3.40. The summed E-state index contributed by atoms with van der Waals surface area (Å²) in [5.41, 5.74) is 5.95. The van der Waals surface area contributed by atoms with E-state index in [1.807, 2.05) is 19.2 Å². The summed E-state index contributed by atoms with van der Waals surface area (Å²) < 4.78 is 16.3. The van der Waals surface area contributed by atoms with Gasteiger partial charge in [0.25, 0.3) is 5.91 Å². The van der Waals surface area contributed by atoms with Crippen molar-refractivity contribution in [3.05, 3.63) is 64.9 Å². The van der Waals surface area contributed by atoms with Crippen LogP contribution in [-0.4, -0.2) is 37.4 Å². The monoisotopic (exact) mass is 432 g/mol. The van der Waals surface area contributed by atoms with E-state index in [0.717, 1.165) is 29.5 Å². The Labute approximate surface area is 185 Å². The molecule has 1 aliphatic rings.